The highest BCUT2D eigenvalue weighted by molar-refractivity contribution is 5.91. The third-order valence-electron chi connectivity index (χ3n) is 5.48. The number of phenols is 2. The van der Waals surface area contributed by atoms with Crippen molar-refractivity contribution in [3.63, 3.8) is 0 Å². The summed E-state index contributed by atoms with van der Waals surface area (Å²) in [6.45, 7) is 2.49. The Kier molecular flexibility index (Phi) is 8.69. The molecule has 4 N–H and O–H groups in total. The van der Waals surface area contributed by atoms with Gasteiger partial charge in [0.2, 0.25) is 11.8 Å². The summed E-state index contributed by atoms with van der Waals surface area (Å²) in [5, 5.41) is 25.3. The second-order valence-corrected chi connectivity index (χ2v) is 7.96. The Bertz CT molecular complexity index is 910. The van der Waals surface area contributed by atoms with Crippen LogP contribution in [0.25, 0.3) is 6.08 Å². The first-order chi connectivity index (χ1) is 15.5. The van der Waals surface area contributed by atoms with Crippen molar-refractivity contribution in [1.82, 2.24) is 15.5 Å². The predicted octanol–water partition coefficient (Wildman–Crippen LogP) is 2.96. The fraction of sp³-hybridized carbons (Fsp3) is 0.360. The van der Waals surface area contributed by atoms with Crippen LogP contribution >= 0.6 is 0 Å². The summed E-state index contributed by atoms with van der Waals surface area (Å²) in [6.07, 6.45) is 6.02. The van der Waals surface area contributed by atoms with Gasteiger partial charge >= 0.3 is 0 Å². The van der Waals surface area contributed by atoms with Gasteiger partial charge < -0.3 is 25.7 Å². The zero-order chi connectivity index (χ0) is 22.8. The first kappa shape index (κ1) is 23.3. The fourth-order valence-electron chi connectivity index (χ4n) is 3.66. The van der Waals surface area contributed by atoms with Crippen LogP contribution in [0, 0.1) is 0 Å². The molecule has 0 spiro atoms. The van der Waals surface area contributed by atoms with Crippen LogP contribution in [0.15, 0.2) is 54.6 Å². The maximum atomic E-state index is 12.8. The van der Waals surface area contributed by atoms with Gasteiger partial charge in [0.15, 0.2) is 0 Å². The average molecular weight is 438 g/mol. The van der Waals surface area contributed by atoms with Crippen molar-refractivity contribution in [2.45, 2.75) is 31.7 Å². The molecular weight excluding hydrogens is 406 g/mol. The Morgan fingerprint density at radius 1 is 0.906 bits per heavy atom. The zero-order valence-corrected chi connectivity index (χ0v) is 18.2. The summed E-state index contributed by atoms with van der Waals surface area (Å²) in [6, 6.07) is 13.4. The number of nitrogens with one attached hydrogen (secondary N) is 2. The molecule has 1 heterocycles. The number of rotatable bonds is 3. The molecule has 2 amide bonds. The minimum atomic E-state index is -0.158. The third-order valence-corrected chi connectivity index (χ3v) is 5.48. The average Bonchev–Trinajstić information content (AvgIpc) is 2.80. The molecule has 1 fully saturated rings. The molecule has 32 heavy (non-hydrogen) atoms. The SMILES string of the molecule is O=C1CC(c2ccc(O)cc2)NCCCN(C(=O)C=Cc2ccc(O)cc2)CCCCN1. The van der Waals surface area contributed by atoms with Gasteiger partial charge in [-0.2, -0.15) is 0 Å². The van der Waals surface area contributed by atoms with Crippen molar-refractivity contribution >= 4 is 17.9 Å². The Morgan fingerprint density at radius 3 is 2.28 bits per heavy atom. The second-order valence-electron chi connectivity index (χ2n) is 7.96. The van der Waals surface area contributed by atoms with Gasteiger partial charge in [0.25, 0.3) is 0 Å². The van der Waals surface area contributed by atoms with E-state index in [1.54, 1.807) is 48.6 Å². The van der Waals surface area contributed by atoms with Crippen LogP contribution in [0.1, 0.15) is 42.9 Å². The molecule has 1 aliphatic heterocycles. The van der Waals surface area contributed by atoms with Crippen LogP contribution in [-0.2, 0) is 9.59 Å². The van der Waals surface area contributed by atoms with E-state index in [1.165, 1.54) is 0 Å². The molecule has 7 heteroatoms. The third kappa shape index (κ3) is 7.42. The molecule has 1 atom stereocenters. The number of amides is 2. The van der Waals surface area contributed by atoms with E-state index in [0.29, 0.717) is 32.6 Å². The molecule has 1 unspecified atom stereocenters. The number of benzene rings is 2. The lowest BCUT2D eigenvalue weighted by molar-refractivity contribution is -0.126. The number of hydrogen-bond acceptors (Lipinski definition) is 5. The molecule has 0 radical (unpaired) electrons. The van der Waals surface area contributed by atoms with Crippen LogP contribution in [0.5, 0.6) is 11.5 Å². The van der Waals surface area contributed by atoms with Crippen LogP contribution in [0.2, 0.25) is 0 Å². The Labute approximate surface area is 188 Å². The quantitative estimate of drug-likeness (QED) is 0.553. The van der Waals surface area contributed by atoms with Gasteiger partial charge in [0.05, 0.1) is 0 Å². The number of hydrogen-bond donors (Lipinski definition) is 4. The van der Waals surface area contributed by atoms with Crippen molar-refractivity contribution in [2.24, 2.45) is 0 Å². The summed E-state index contributed by atoms with van der Waals surface area (Å²) in [5.74, 6) is 0.321. The molecule has 170 valence electrons. The summed E-state index contributed by atoms with van der Waals surface area (Å²) in [5.41, 5.74) is 1.79. The monoisotopic (exact) mass is 437 g/mol. The molecular formula is C25H31N3O4. The summed E-state index contributed by atoms with van der Waals surface area (Å²) in [4.78, 5) is 27.0. The van der Waals surface area contributed by atoms with Crippen LogP contribution < -0.4 is 10.6 Å². The maximum absolute atomic E-state index is 12.8. The van der Waals surface area contributed by atoms with E-state index in [-0.39, 0.29) is 29.4 Å². The molecule has 3 rings (SSSR count). The smallest absolute Gasteiger partial charge is 0.246 e. The molecule has 2 aromatic rings. The predicted molar refractivity (Wildman–Crippen MR) is 124 cm³/mol. The Morgan fingerprint density at radius 2 is 1.56 bits per heavy atom. The van der Waals surface area contributed by atoms with Gasteiger partial charge in [0.1, 0.15) is 11.5 Å². The van der Waals surface area contributed by atoms with E-state index in [2.05, 4.69) is 10.6 Å². The Hall–Kier alpha value is -3.32. The van der Waals surface area contributed by atoms with E-state index >= 15 is 0 Å². The van der Waals surface area contributed by atoms with Gasteiger partial charge in [-0.25, -0.2) is 0 Å². The van der Waals surface area contributed by atoms with Gasteiger partial charge in [0, 0.05) is 38.2 Å². The first-order valence-electron chi connectivity index (χ1n) is 11.1. The van der Waals surface area contributed by atoms with E-state index in [0.717, 1.165) is 30.4 Å². The lowest BCUT2D eigenvalue weighted by Crippen LogP contribution is -2.34. The number of phenolic OH excluding ortho intramolecular Hbond substituents is 2. The highest BCUT2D eigenvalue weighted by Gasteiger charge is 2.17. The van der Waals surface area contributed by atoms with Crippen LogP contribution in [-0.4, -0.2) is 53.1 Å². The van der Waals surface area contributed by atoms with E-state index in [9.17, 15) is 19.8 Å². The molecule has 0 aromatic heterocycles. The lowest BCUT2D eigenvalue weighted by atomic mass is 10.0. The molecule has 0 saturated carbocycles. The molecule has 7 nitrogen and oxygen atoms in total. The first-order valence-corrected chi connectivity index (χ1v) is 11.1. The van der Waals surface area contributed by atoms with Gasteiger partial charge in [-0.05, 0) is 67.3 Å². The fourth-order valence-corrected chi connectivity index (χ4v) is 3.66. The molecule has 1 aliphatic rings. The molecule has 0 bridgehead atoms. The summed E-state index contributed by atoms with van der Waals surface area (Å²) in [7, 11) is 0. The normalized spacial score (nSPS) is 18.9. The van der Waals surface area contributed by atoms with Gasteiger partial charge in [-0.1, -0.05) is 24.3 Å². The van der Waals surface area contributed by atoms with Crippen molar-refractivity contribution in [3.05, 3.63) is 65.7 Å². The highest BCUT2D eigenvalue weighted by Crippen LogP contribution is 2.20. The van der Waals surface area contributed by atoms with Crippen LogP contribution in [0.3, 0.4) is 0 Å². The largest absolute Gasteiger partial charge is 0.508 e. The van der Waals surface area contributed by atoms with Crippen LogP contribution in [0.4, 0.5) is 0 Å². The topological polar surface area (TPSA) is 102 Å². The van der Waals surface area contributed by atoms with Crippen molar-refractivity contribution in [2.75, 3.05) is 26.2 Å². The number of carbonyl (C=O) groups is 2. The standard InChI is InChI=1S/C25H31N3O4/c29-21-9-4-19(5-10-21)6-13-25(32)28-16-2-1-14-27-24(31)18-23(26-15-3-17-28)20-7-11-22(30)12-8-20/h4-13,23,26,29-30H,1-3,14-18H2,(H,27,31). The van der Waals surface area contributed by atoms with Crippen molar-refractivity contribution in [3.8, 4) is 11.5 Å². The molecule has 2 aromatic carbocycles. The number of aromatic hydroxyl groups is 2. The van der Waals surface area contributed by atoms with Crippen molar-refractivity contribution in [1.29, 1.82) is 0 Å². The highest BCUT2D eigenvalue weighted by atomic mass is 16.3. The Balaban J connectivity index is 1.62. The zero-order valence-electron chi connectivity index (χ0n) is 18.2. The molecule has 0 aliphatic carbocycles. The van der Waals surface area contributed by atoms with E-state index < -0.39 is 0 Å². The lowest BCUT2D eigenvalue weighted by Gasteiger charge is -2.22. The van der Waals surface area contributed by atoms with Gasteiger partial charge in [-0.15, -0.1) is 0 Å². The minimum Gasteiger partial charge on any atom is -0.508 e. The number of nitrogens with zero attached hydrogens (tertiary/aromatic N) is 1. The number of carbonyl (C=O) groups excluding carboxylic acids is 2. The van der Waals surface area contributed by atoms with E-state index in [1.807, 2.05) is 17.0 Å². The summed E-state index contributed by atoms with van der Waals surface area (Å²) >= 11 is 0. The molecule has 1 saturated heterocycles. The second kappa shape index (κ2) is 11.9. The maximum Gasteiger partial charge on any atom is 0.246 e. The minimum absolute atomic E-state index is 0.0143. The van der Waals surface area contributed by atoms with E-state index in [4.69, 9.17) is 0 Å². The van der Waals surface area contributed by atoms with Crippen molar-refractivity contribution < 1.29 is 19.8 Å². The van der Waals surface area contributed by atoms with Gasteiger partial charge in [-0.3, -0.25) is 9.59 Å². The summed E-state index contributed by atoms with van der Waals surface area (Å²) < 4.78 is 0.